The highest BCUT2D eigenvalue weighted by molar-refractivity contribution is 5.28. The molecule has 2 rings (SSSR count). The predicted molar refractivity (Wildman–Crippen MR) is 42.3 cm³/mol. The number of fused-ring (bicyclic) bond motifs is 1. The molecule has 0 saturated carbocycles. The van der Waals surface area contributed by atoms with E-state index in [0.717, 1.165) is 31.6 Å². The van der Waals surface area contributed by atoms with Gasteiger partial charge < -0.3 is 10.6 Å². The minimum atomic E-state index is -0.255. The second-order valence-corrected chi connectivity index (χ2v) is 3.15. The minimum Gasteiger partial charge on any atom is -0.311 e. The molecule has 1 unspecified atom stereocenters. The van der Waals surface area contributed by atoms with Crippen molar-refractivity contribution in [1.29, 1.82) is 0 Å². The van der Waals surface area contributed by atoms with E-state index in [2.05, 4.69) is 10.6 Å². The van der Waals surface area contributed by atoms with E-state index >= 15 is 0 Å². The molecule has 0 bridgehead atoms. The topological polar surface area (TPSA) is 24.1 Å². The lowest BCUT2D eigenvalue weighted by atomic mass is 9.98. The Morgan fingerprint density at radius 2 is 2.45 bits per heavy atom. The Kier molecular flexibility index (Phi) is 1.92. The minimum absolute atomic E-state index is 0.255. The maximum Gasteiger partial charge on any atom is 0.111 e. The third kappa shape index (κ3) is 1.19. The molecule has 0 aromatic carbocycles. The Labute approximate surface area is 65.9 Å². The molecule has 2 N–H and O–H groups in total. The highest BCUT2D eigenvalue weighted by Crippen LogP contribution is 2.20. The maximum atomic E-state index is 12.4. The van der Waals surface area contributed by atoms with E-state index in [1.807, 2.05) is 0 Å². The van der Waals surface area contributed by atoms with Gasteiger partial charge in [0.2, 0.25) is 0 Å². The Balaban J connectivity index is 2.23. The fourth-order valence-electron chi connectivity index (χ4n) is 1.87. The summed E-state index contributed by atoms with van der Waals surface area (Å²) in [6, 6.07) is 0.425. The summed E-state index contributed by atoms with van der Waals surface area (Å²) in [5.74, 6) is 0. The first-order valence-electron chi connectivity index (χ1n) is 4.12. The molecule has 0 amide bonds. The third-order valence-corrected chi connectivity index (χ3v) is 2.52. The number of hydrogen-bond acceptors (Lipinski definition) is 2. The van der Waals surface area contributed by atoms with Crippen LogP contribution in [0.5, 0.6) is 0 Å². The molecule has 0 aliphatic carbocycles. The van der Waals surface area contributed by atoms with Crippen molar-refractivity contribution in [1.82, 2.24) is 10.6 Å². The monoisotopic (exact) mass is 156 g/mol. The van der Waals surface area contributed by atoms with Gasteiger partial charge in [-0.3, -0.25) is 0 Å². The SMILES string of the molecule is FCC1=C2CNCC2NCC1. The Morgan fingerprint density at radius 1 is 1.55 bits per heavy atom. The van der Waals surface area contributed by atoms with Crippen LogP contribution in [0.3, 0.4) is 0 Å². The molecule has 62 valence electrons. The smallest absolute Gasteiger partial charge is 0.111 e. The number of nitrogens with one attached hydrogen (secondary N) is 2. The predicted octanol–water partition coefficient (Wildman–Crippen LogP) is 0.218. The van der Waals surface area contributed by atoms with Gasteiger partial charge >= 0.3 is 0 Å². The summed E-state index contributed by atoms with van der Waals surface area (Å²) < 4.78 is 12.4. The van der Waals surface area contributed by atoms with Crippen LogP contribution in [0.2, 0.25) is 0 Å². The van der Waals surface area contributed by atoms with Gasteiger partial charge in [-0.1, -0.05) is 0 Å². The van der Waals surface area contributed by atoms with E-state index in [-0.39, 0.29) is 6.67 Å². The summed E-state index contributed by atoms with van der Waals surface area (Å²) in [6.45, 7) is 2.54. The number of alkyl halides is 1. The largest absolute Gasteiger partial charge is 0.311 e. The molecule has 2 aliphatic rings. The first-order chi connectivity index (χ1) is 5.42. The molecule has 1 fully saturated rings. The van der Waals surface area contributed by atoms with Gasteiger partial charge in [0, 0.05) is 19.1 Å². The van der Waals surface area contributed by atoms with Crippen molar-refractivity contribution in [2.24, 2.45) is 0 Å². The van der Waals surface area contributed by atoms with E-state index in [4.69, 9.17) is 0 Å². The second-order valence-electron chi connectivity index (χ2n) is 3.15. The van der Waals surface area contributed by atoms with E-state index in [9.17, 15) is 4.39 Å². The maximum absolute atomic E-state index is 12.4. The molecular formula is C8H13FN2. The van der Waals surface area contributed by atoms with Gasteiger partial charge in [-0.2, -0.15) is 0 Å². The van der Waals surface area contributed by atoms with Crippen molar-refractivity contribution in [3.63, 3.8) is 0 Å². The second kappa shape index (κ2) is 2.91. The summed E-state index contributed by atoms with van der Waals surface area (Å²) in [4.78, 5) is 0. The molecule has 2 heterocycles. The average molecular weight is 156 g/mol. The molecule has 0 spiro atoms. The Morgan fingerprint density at radius 3 is 3.27 bits per heavy atom. The summed E-state index contributed by atoms with van der Waals surface area (Å²) >= 11 is 0. The standard InChI is InChI=1S/C8H13FN2/c9-3-6-1-2-11-8-5-10-4-7(6)8/h8,10-11H,1-5H2. The summed E-state index contributed by atoms with van der Waals surface area (Å²) in [6.07, 6.45) is 0.893. The van der Waals surface area contributed by atoms with E-state index in [1.165, 1.54) is 5.57 Å². The Hall–Kier alpha value is -0.410. The van der Waals surface area contributed by atoms with Crippen LogP contribution in [0.4, 0.5) is 4.39 Å². The van der Waals surface area contributed by atoms with Gasteiger partial charge in [-0.25, -0.2) is 4.39 Å². The molecule has 0 aromatic heterocycles. The molecule has 2 nitrogen and oxygen atoms in total. The van der Waals surface area contributed by atoms with Crippen LogP contribution >= 0.6 is 0 Å². The molecule has 1 saturated heterocycles. The van der Waals surface area contributed by atoms with Crippen molar-refractivity contribution in [3.8, 4) is 0 Å². The van der Waals surface area contributed by atoms with Crippen LogP contribution in [0.1, 0.15) is 6.42 Å². The number of rotatable bonds is 1. The first-order valence-corrected chi connectivity index (χ1v) is 4.12. The van der Waals surface area contributed by atoms with Gasteiger partial charge in [-0.15, -0.1) is 0 Å². The van der Waals surface area contributed by atoms with Gasteiger partial charge in [0.25, 0.3) is 0 Å². The zero-order valence-electron chi connectivity index (χ0n) is 6.49. The highest BCUT2D eigenvalue weighted by atomic mass is 19.1. The molecule has 11 heavy (non-hydrogen) atoms. The first kappa shape index (κ1) is 7.25. The van der Waals surface area contributed by atoms with Crippen LogP contribution < -0.4 is 10.6 Å². The Bertz CT molecular complexity index is 189. The zero-order valence-corrected chi connectivity index (χ0v) is 6.49. The van der Waals surface area contributed by atoms with E-state index < -0.39 is 0 Å². The van der Waals surface area contributed by atoms with Crippen molar-refractivity contribution < 1.29 is 4.39 Å². The normalized spacial score (nSPS) is 30.8. The number of hydrogen-bond donors (Lipinski definition) is 2. The molecule has 2 aliphatic heterocycles. The summed E-state index contributed by atoms with van der Waals surface area (Å²) in [7, 11) is 0. The van der Waals surface area contributed by atoms with Crippen LogP contribution in [-0.4, -0.2) is 32.4 Å². The molecular weight excluding hydrogens is 143 g/mol. The molecule has 3 heteroatoms. The van der Waals surface area contributed by atoms with Gasteiger partial charge in [0.05, 0.1) is 0 Å². The zero-order chi connectivity index (χ0) is 7.68. The molecule has 1 atom stereocenters. The lowest BCUT2D eigenvalue weighted by Gasteiger charge is -2.22. The molecule has 0 radical (unpaired) electrons. The summed E-state index contributed by atoms with van der Waals surface area (Å²) in [5.41, 5.74) is 2.30. The van der Waals surface area contributed by atoms with Gasteiger partial charge in [0.15, 0.2) is 0 Å². The molecule has 0 aromatic rings. The summed E-state index contributed by atoms with van der Waals surface area (Å²) in [5, 5.41) is 6.60. The van der Waals surface area contributed by atoms with Gasteiger partial charge in [-0.05, 0) is 24.1 Å². The third-order valence-electron chi connectivity index (χ3n) is 2.52. The van der Waals surface area contributed by atoms with E-state index in [0.29, 0.717) is 6.04 Å². The van der Waals surface area contributed by atoms with Crippen molar-refractivity contribution in [3.05, 3.63) is 11.1 Å². The van der Waals surface area contributed by atoms with Crippen molar-refractivity contribution in [2.45, 2.75) is 12.5 Å². The lowest BCUT2D eigenvalue weighted by Crippen LogP contribution is -2.37. The van der Waals surface area contributed by atoms with E-state index in [1.54, 1.807) is 0 Å². The van der Waals surface area contributed by atoms with Crippen molar-refractivity contribution in [2.75, 3.05) is 26.3 Å². The fraction of sp³-hybridized carbons (Fsp3) is 0.750. The van der Waals surface area contributed by atoms with Crippen LogP contribution in [0.15, 0.2) is 11.1 Å². The van der Waals surface area contributed by atoms with Crippen LogP contribution in [-0.2, 0) is 0 Å². The van der Waals surface area contributed by atoms with Crippen LogP contribution in [0, 0.1) is 0 Å². The van der Waals surface area contributed by atoms with Crippen molar-refractivity contribution >= 4 is 0 Å². The lowest BCUT2D eigenvalue weighted by molar-refractivity contribution is 0.490. The van der Waals surface area contributed by atoms with Crippen LogP contribution in [0.25, 0.3) is 0 Å². The van der Waals surface area contributed by atoms with Gasteiger partial charge in [0.1, 0.15) is 6.67 Å². The average Bonchev–Trinajstić information content (AvgIpc) is 2.50. The highest BCUT2D eigenvalue weighted by Gasteiger charge is 2.25. The quantitative estimate of drug-likeness (QED) is 0.531. The fourth-order valence-corrected chi connectivity index (χ4v) is 1.87. The number of halogens is 1.